The molecule has 2 heteroatoms. The van der Waals surface area contributed by atoms with Crippen LogP contribution in [0.2, 0.25) is 0 Å². The van der Waals surface area contributed by atoms with Gasteiger partial charge in [0.05, 0.1) is 6.54 Å². The Bertz CT molecular complexity index is 114. The molecule has 9 heavy (non-hydrogen) atoms. The summed E-state index contributed by atoms with van der Waals surface area (Å²) in [7, 11) is 0. The van der Waals surface area contributed by atoms with Crippen molar-refractivity contribution in [1.29, 1.82) is 0 Å². The molecular formula is C7H13NO. The fourth-order valence-corrected chi connectivity index (χ4v) is 0.351. The van der Waals surface area contributed by atoms with Crippen molar-refractivity contribution >= 4 is 0 Å². The van der Waals surface area contributed by atoms with Gasteiger partial charge in [-0.2, -0.15) is 0 Å². The van der Waals surface area contributed by atoms with Crippen molar-refractivity contribution in [2.75, 3.05) is 6.54 Å². The van der Waals surface area contributed by atoms with Gasteiger partial charge in [-0.3, -0.25) is 10.3 Å². The highest BCUT2D eigenvalue weighted by Gasteiger charge is 1.84. The molecule has 0 spiro atoms. The third kappa shape index (κ3) is 5.11. The van der Waals surface area contributed by atoms with Crippen molar-refractivity contribution < 1.29 is 5.21 Å². The highest BCUT2D eigenvalue weighted by molar-refractivity contribution is 4.94. The molecule has 0 aromatic carbocycles. The van der Waals surface area contributed by atoms with Crippen molar-refractivity contribution in [1.82, 2.24) is 5.06 Å². The molecule has 0 radical (unpaired) electrons. The normalized spacial score (nSPS) is 8.33. The molecule has 0 aliphatic rings. The van der Waals surface area contributed by atoms with Gasteiger partial charge < -0.3 is 0 Å². The van der Waals surface area contributed by atoms with E-state index in [-0.39, 0.29) is 0 Å². The predicted molar refractivity (Wildman–Crippen MR) is 38.1 cm³/mol. The summed E-state index contributed by atoms with van der Waals surface area (Å²) in [5.41, 5.74) is 1.19. The molecule has 0 bridgehead atoms. The zero-order valence-electron chi connectivity index (χ0n) is 5.96. The molecule has 1 N–H and O–H groups in total. The van der Waals surface area contributed by atoms with Gasteiger partial charge in [0.1, 0.15) is 0 Å². The SMILES string of the molecule is C=CN(O)CC=C(C)C. The van der Waals surface area contributed by atoms with Crippen LogP contribution in [0.3, 0.4) is 0 Å². The van der Waals surface area contributed by atoms with Gasteiger partial charge in [0.2, 0.25) is 0 Å². The molecule has 2 nitrogen and oxygen atoms in total. The highest BCUT2D eigenvalue weighted by Crippen LogP contribution is 1.89. The van der Waals surface area contributed by atoms with Crippen LogP contribution in [0.15, 0.2) is 24.4 Å². The van der Waals surface area contributed by atoms with Gasteiger partial charge >= 0.3 is 0 Å². The number of allylic oxidation sites excluding steroid dienone is 1. The Kier molecular flexibility index (Phi) is 3.80. The molecular weight excluding hydrogens is 114 g/mol. The molecule has 0 atom stereocenters. The lowest BCUT2D eigenvalue weighted by Gasteiger charge is -2.06. The van der Waals surface area contributed by atoms with E-state index in [2.05, 4.69) is 6.58 Å². The monoisotopic (exact) mass is 127 g/mol. The van der Waals surface area contributed by atoms with E-state index in [1.165, 1.54) is 11.8 Å². The lowest BCUT2D eigenvalue weighted by atomic mass is 10.3. The van der Waals surface area contributed by atoms with E-state index in [1.54, 1.807) is 0 Å². The zero-order valence-corrected chi connectivity index (χ0v) is 5.96. The molecule has 0 rings (SSSR count). The molecule has 52 valence electrons. The first kappa shape index (κ1) is 8.24. The molecule has 0 saturated heterocycles. The molecule has 0 aromatic rings. The van der Waals surface area contributed by atoms with Crippen molar-refractivity contribution in [2.45, 2.75) is 13.8 Å². The maximum absolute atomic E-state index is 8.78. The summed E-state index contributed by atoms with van der Waals surface area (Å²) in [5, 5.41) is 9.81. The van der Waals surface area contributed by atoms with Crippen molar-refractivity contribution in [3.05, 3.63) is 24.4 Å². The number of hydrogen-bond acceptors (Lipinski definition) is 2. The Labute approximate surface area is 56.1 Å². The first-order chi connectivity index (χ1) is 4.16. The summed E-state index contributed by atoms with van der Waals surface area (Å²) in [6, 6.07) is 0. The van der Waals surface area contributed by atoms with Gasteiger partial charge in [-0.15, -0.1) is 0 Å². The fraction of sp³-hybridized carbons (Fsp3) is 0.429. The first-order valence-electron chi connectivity index (χ1n) is 2.88. The maximum Gasteiger partial charge on any atom is 0.0629 e. The Morgan fingerprint density at radius 1 is 1.67 bits per heavy atom. The molecule has 0 amide bonds. The number of hydrogen-bond donors (Lipinski definition) is 1. The molecule has 0 saturated carbocycles. The highest BCUT2D eigenvalue weighted by atomic mass is 16.5. The molecule has 0 fully saturated rings. The molecule has 0 aliphatic heterocycles. The van der Waals surface area contributed by atoms with E-state index in [0.29, 0.717) is 6.54 Å². The van der Waals surface area contributed by atoms with Gasteiger partial charge in [-0.05, 0) is 13.8 Å². The number of nitrogens with zero attached hydrogens (tertiary/aromatic N) is 1. The Hall–Kier alpha value is -0.760. The van der Waals surface area contributed by atoms with E-state index >= 15 is 0 Å². The van der Waals surface area contributed by atoms with E-state index < -0.39 is 0 Å². The van der Waals surface area contributed by atoms with Crippen LogP contribution in [0.4, 0.5) is 0 Å². The summed E-state index contributed by atoms with van der Waals surface area (Å²) >= 11 is 0. The first-order valence-corrected chi connectivity index (χ1v) is 2.88. The van der Waals surface area contributed by atoms with Gasteiger partial charge in [0.15, 0.2) is 0 Å². The van der Waals surface area contributed by atoms with Crippen molar-refractivity contribution in [3.63, 3.8) is 0 Å². The van der Waals surface area contributed by atoms with Crippen molar-refractivity contribution in [2.24, 2.45) is 0 Å². The smallest absolute Gasteiger partial charge is 0.0629 e. The maximum atomic E-state index is 8.78. The quantitative estimate of drug-likeness (QED) is 0.461. The Morgan fingerprint density at radius 2 is 2.22 bits per heavy atom. The zero-order chi connectivity index (χ0) is 7.28. The van der Waals surface area contributed by atoms with Crippen LogP contribution in [0, 0.1) is 0 Å². The van der Waals surface area contributed by atoms with Crippen LogP contribution >= 0.6 is 0 Å². The van der Waals surface area contributed by atoms with E-state index in [1.807, 2.05) is 19.9 Å². The minimum Gasteiger partial charge on any atom is -0.289 e. The van der Waals surface area contributed by atoms with Crippen LogP contribution in [-0.2, 0) is 0 Å². The minimum absolute atomic E-state index is 0.520. The second-order valence-electron chi connectivity index (χ2n) is 2.09. The third-order valence-electron chi connectivity index (χ3n) is 0.897. The summed E-state index contributed by atoms with van der Waals surface area (Å²) in [5.74, 6) is 0. The number of rotatable bonds is 3. The van der Waals surface area contributed by atoms with Crippen molar-refractivity contribution in [3.8, 4) is 0 Å². The minimum atomic E-state index is 0.520. The van der Waals surface area contributed by atoms with E-state index in [0.717, 1.165) is 5.06 Å². The predicted octanol–water partition coefficient (Wildman–Crippen LogP) is 1.79. The topological polar surface area (TPSA) is 23.5 Å². The van der Waals surface area contributed by atoms with Crippen LogP contribution in [0.5, 0.6) is 0 Å². The summed E-state index contributed by atoms with van der Waals surface area (Å²) in [6.07, 6.45) is 3.29. The Morgan fingerprint density at radius 3 is 2.56 bits per heavy atom. The Balaban J connectivity index is 3.49. The third-order valence-corrected chi connectivity index (χ3v) is 0.897. The van der Waals surface area contributed by atoms with Crippen LogP contribution in [0.1, 0.15) is 13.8 Å². The summed E-state index contributed by atoms with van der Waals surface area (Å²) < 4.78 is 0. The molecule has 0 unspecified atom stereocenters. The molecule has 0 aromatic heterocycles. The summed E-state index contributed by atoms with van der Waals surface area (Å²) in [4.78, 5) is 0. The lowest BCUT2D eigenvalue weighted by molar-refractivity contribution is -0.0288. The van der Waals surface area contributed by atoms with E-state index in [9.17, 15) is 0 Å². The average Bonchev–Trinajstić information content (AvgIpc) is 1.83. The average molecular weight is 127 g/mol. The fourth-order valence-electron chi connectivity index (χ4n) is 0.351. The number of hydroxylamine groups is 2. The second-order valence-corrected chi connectivity index (χ2v) is 2.09. The lowest BCUT2D eigenvalue weighted by Crippen LogP contribution is -2.10. The molecule has 0 aliphatic carbocycles. The molecule has 0 heterocycles. The van der Waals surface area contributed by atoms with E-state index in [4.69, 9.17) is 5.21 Å². The van der Waals surface area contributed by atoms with Crippen LogP contribution in [0.25, 0.3) is 0 Å². The standard InChI is InChI=1S/C7H13NO/c1-4-8(9)6-5-7(2)3/h4-5,9H,1,6H2,2-3H3. The van der Waals surface area contributed by atoms with Gasteiger partial charge in [0, 0.05) is 6.20 Å². The van der Waals surface area contributed by atoms with Gasteiger partial charge in [0.25, 0.3) is 0 Å². The largest absolute Gasteiger partial charge is 0.289 e. The van der Waals surface area contributed by atoms with Gasteiger partial charge in [-0.25, -0.2) is 0 Å². The second kappa shape index (κ2) is 4.15. The summed E-state index contributed by atoms with van der Waals surface area (Å²) in [6.45, 7) is 7.87. The van der Waals surface area contributed by atoms with Crippen LogP contribution in [-0.4, -0.2) is 16.8 Å². The van der Waals surface area contributed by atoms with Gasteiger partial charge in [-0.1, -0.05) is 18.2 Å². The van der Waals surface area contributed by atoms with Crippen LogP contribution < -0.4 is 0 Å².